The SMILES string of the molecule is CN(C(=O)c1cc2ccccc2s1)C1CCNC1. The molecular weight excluding hydrogens is 244 g/mol. The van der Waals surface area contributed by atoms with E-state index in [4.69, 9.17) is 0 Å². The summed E-state index contributed by atoms with van der Waals surface area (Å²) in [6.07, 6.45) is 1.05. The summed E-state index contributed by atoms with van der Waals surface area (Å²) in [5.41, 5.74) is 0. The van der Waals surface area contributed by atoms with Crippen molar-refractivity contribution in [2.24, 2.45) is 0 Å². The topological polar surface area (TPSA) is 32.3 Å². The first-order chi connectivity index (χ1) is 8.75. The Hall–Kier alpha value is -1.39. The summed E-state index contributed by atoms with van der Waals surface area (Å²) in [7, 11) is 1.91. The van der Waals surface area contributed by atoms with E-state index in [1.807, 2.05) is 30.1 Å². The van der Waals surface area contributed by atoms with Crippen LogP contribution in [0.5, 0.6) is 0 Å². The highest BCUT2D eigenvalue weighted by molar-refractivity contribution is 7.20. The first-order valence-electron chi connectivity index (χ1n) is 6.22. The molecule has 0 spiro atoms. The van der Waals surface area contributed by atoms with Gasteiger partial charge in [0.2, 0.25) is 0 Å². The van der Waals surface area contributed by atoms with Gasteiger partial charge >= 0.3 is 0 Å². The standard InChI is InChI=1S/C14H16N2OS/c1-16(11-6-7-15-9-11)14(17)13-8-10-4-2-3-5-12(10)18-13/h2-5,8,11,15H,6-7,9H2,1H3. The highest BCUT2D eigenvalue weighted by Crippen LogP contribution is 2.26. The molecular formula is C14H16N2OS. The van der Waals surface area contributed by atoms with Gasteiger partial charge in [-0.15, -0.1) is 11.3 Å². The minimum atomic E-state index is 0.143. The van der Waals surface area contributed by atoms with Crippen molar-refractivity contribution in [3.63, 3.8) is 0 Å². The van der Waals surface area contributed by atoms with E-state index >= 15 is 0 Å². The number of rotatable bonds is 2. The Morgan fingerprint density at radius 2 is 2.28 bits per heavy atom. The molecule has 1 aliphatic heterocycles. The van der Waals surface area contributed by atoms with Crippen LogP contribution in [0.1, 0.15) is 16.1 Å². The van der Waals surface area contributed by atoms with Gasteiger partial charge in [-0.3, -0.25) is 4.79 Å². The van der Waals surface area contributed by atoms with Crippen molar-refractivity contribution in [1.29, 1.82) is 0 Å². The maximum Gasteiger partial charge on any atom is 0.263 e. The molecule has 1 N–H and O–H groups in total. The normalized spacial score (nSPS) is 19.3. The largest absolute Gasteiger partial charge is 0.337 e. The Labute approximate surface area is 110 Å². The fourth-order valence-corrected chi connectivity index (χ4v) is 3.44. The van der Waals surface area contributed by atoms with Crippen LogP contribution in [0.3, 0.4) is 0 Å². The molecule has 4 heteroatoms. The molecule has 1 unspecified atom stereocenters. The van der Waals surface area contributed by atoms with Crippen LogP contribution in [0, 0.1) is 0 Å². The maximum absolute atomic E-state index is 12.4. The van der Waals surface area contributed by atoms with E-state index in [1.54, 1.807) is 11.3 Å². The van der Waals surface area contributed by atoms with Crippen LogP contribution < -0.4 is 5.32 Å². The van der Waals surface area contributed by atoms with Crippen LogP contribution in [-0.4, -0.2) is 37.0 Å². The van der Waals surface area contributed by atoms with E-state index in [0.29, 0.717) is 6.04 Å². The van der Waals surface area contributed by atoms with E-state index in [2.05, 4.69) is 17.4 Å². The number of fused-ring (bicyclic) bond motifs is 1. The zero-order valence-electron chi connectivity index (χ0n) is 10.3. The fraction of sp³-hybridized carbons (Fsp3) is 0.357. The summed E-state index contributed by atoms with van der Waals surface area (Å²) < 4.78 is 1.18. The van der Waals surface area contributed by atoms with Crippen LogP contribution in [-0.2, 0) is 0 Å². The lowest BCUT2D eigenvalue weighted by atomic mass is 10.2. The molecule has 3 rings (SSSR count). The van der Waals surface area contributed by atoms with Gasteiger partial charge in [-0.1, -0.05) is 18.2 Å². The third-order valence-corrected chi connectivity index (χ3v) is 4.64. The first kappa shape index (κ1) is 11.7. The van der Waals surface area contributed by atoms with Gasteiger partial charge in [-0.2, -0.15) is 0 Å². The maximum atomic E-state index is 12.4. The van der Waals surface area contributed by atoms with E-state index in [-0.39, 0.29) is 5.91 Å². The van der Waals surface area contributed by atoms with Crippen molar-refractivity contribution in [2.75, 3.05) is 20.1 Å². The van der Waals surface area contributed by atoms with Gasteiger partial charge in [-0.05, 0) is 30.5 Å². The average Bonchev–Trinajstić information content (AvgIpc) is 3.05. The third-order valence-electron chi connectivity index (χ3n) is 3.54. The number of carbonyl (C=O) groups excluding carboxylic acids is 1. The lowest BCUT2D eigenvalue weighted by Crippen LogP contribution is -2.37. The van der Waals surface area contributed by atoms with E-state index in [1.165, 1.54) is 4.70 Å². The second kappa shape index (κ2) is 4.71. The summed E-state index contributed by atoms with van der Waals surface area (Å²) in [6, 6.07) is 10.5. The molecule has 1 aromatic heterocycles. The Kier molecular flexibility index (Phi) is 3.06. The zero-order valence-corrected chi connectivity index (χ0v) is 11.2. The summed E-state index contributed by atoms with van der Waals surface area (Å²) in [4.78, 5) is 15.1. The molecule has 18 heavy (non-hydrogen) atoms. The highest BCUT2D eigenvalue weighted by atomic mass is 32.1. The van der Waals surface area contributed by atoms with Gasteiger partial charge in [0, 0.05) is 24.3 Å². The molecule has 3 nitrogen and oxygen atoms in total. The quantitative estimate of drug-likeness (QED) is 0.899. The molecule has 0 radical (unpaired) electrons. The number of benzene rings is 1. The van der Waals surface area contributed by atoms with Crippen molar-refractivity contribution < 1.29 is 4.79 Å². The Balaban J connectivity index is 1.86. The number of thiophene rings is 1. The Bertz CT molecular complexity index is 539. The number of carbonyl (C=O) groups is 1. The van der Waals surface area contributed by atoms with E-state index < -0.39 is 0 Å². The van der Waals surface area contributed by atoms with Crippen LogP contribution in [0.2, 0.25) is 0 Å². The highest BCUT2D eigenvalue weighted by Gasteiger charge is 2.24. The first-order valence-corrected chi connectivity index (χ1v) is 7.04. The minimum absolute atomic E-state index is 0.143. The number of likely N-dealkylation sites (N-methyl/N-ethyl adjacent to an activating group) is 1. The molecule has 1 fully saturated rings. The molecule has 0 saturated carbocycles. The van der Waals surface area contributed by atoms with Crippen molar-refractivity contribution in [3.05, 3.63) is 35.2 Å². The second-order valence-electron chi connectivity index (χ2n) is 4.71. The lowest BCUT2D eigenvalue weighted by molar-refractivity contribution is 0.0749. The number of nitrogens with zero attached hydrogens (tertiary/aromatic N) is 1. The molecule has 1 atom stereocenters. The average molecular weight is 260 g/mol. The van der Waals surface area contributed by atoms with Crippen molar-refractivity contribution in [1.82, 2.24) is 10.2 Å². The molecule has 1 saturated heterocycles. The number of hydrogen-bond acceptors (Lipinski definition) is 3. The minimum Gasteiger partial charge on any atom is -0.337 e. The van der Waals surface area contributed by atoms with Gasteiger partial charge in [0.05, 0.1) is 4.88 Å². The molecule has 1 aromatic carbocycles. The molecule has 1 amide bonds. The molecule has 0 aliphatic carbocycles. The second-order valence-corrected chi connectivity index (χ2v) is 5.79. The van der Waals surface area contributed by atoms with Gasteiger partial charge in [0.25, 0.3) is 5.91 Å². The van der Waals surface area contributed by atoms with Gasteiger partial charge in [0.15, 0.2) is 0 Å². The molecule has 1 aliphatic rings. The Morgan fingerprint density at radius 3 is 3.00 bits per heavy atom. The number of amides is 1. The lowest BCUT2D eigenvalue weighted by Gasteiger charge is -2.22. The van der Waals surface area contributed by atoms with Crippen LogP contribution in [0.25, 0.3) is 10.1 Å². The van der Waals surface area contributed by atoms with E-state index in [0.717, 1.165) is 29.8 Å². The molecule has 2 heterocycles. The summed E-state index contributed by atoms with van der Waals surface area (Å²) in [6.45, 7) is 1.92. The van der Waals surface area contributed by atoms with Crippen LogP contribution in [0.15, 0.2) is 30.3 Å². The third kappa shape index (κ3) is 2.02. The smallest absolute Gasteiger partial charge is 0.263 e. The molecule has 2 aromatic rings. The monoisotopic (exact) mass is 260 g/mol. The van der Waals surface area contributed by atoms with Crippen molar-refractivity contribution >= 4 is 27.3 Å². The van der Waals surface area contributed by atoms with Gasteiger partial charge < -0.3 is 10.2 Å². The summed E-state index contributed by atoms with van der Waals surface area (Å²) >= 11 is 1.58. The van der Waals surface area contributed by atoms with Crippen LogP contribution >= 0.6 is 11.3 Å². The fourth-order valence-electron chi connectivity index (χ4n) is 2.40. The van der Waals surface area contributed by atoms with Crippen molar-refractivity contribution in [3.8, 4) is 0 Å². The van der Waals surface area contributed by atoms with Crippen molar-refractivity contribution in [2.45, 2.75) is 12.5 Å². The predicted octanol–water partition coefficient (Wildman–Crippen LogP) is 2.34. The summed E-state index contributed by atoms with van der Waals surface area (Å²) in [5, 5.41) is 4.45. The van der Waals surface area contributed by atoms with Crippen LogP contribution in [0.4, 0.5) is 0 Å². The number of hydrogen-bond donors (Lipinski definition) is 1. The molecule has 94 valence electrons. The molecule has 0 bridgehead atoms. The predicted molar refractivity (Wildman–Crippen MR) is 75.2 cm³/mol. The summed E-state index contributed by atoms with van der Waals surface area (Å²) in [5.74, 6) is 0.143. The van der Waals surface area contributed by atoms with Gasteiger partial charge in [-0.25, -0.2) is 0 Å². The van der Waals surface area contributed by atoms with E-state index in [9.17, 15) is 4.79 Å². The number of nitrogens with one attached hydrogen (secondary N) is 1. The van der Waals surface area contributed by atoms with Gasteiger partial charge in [0.1, 0.15) is 0 Å². The Morgan fingerprint density at radius 1 is 1.44 bits per heavy atom. The zero-order chi connectivity index (χ0) is 12.5.